The number of aliphatic hydroxyl groups is 1. The van der Waals surface area contributed by atoms with E-state index in [0.717, 1.165) is 5.56 Å². The summed E-state index contributed by atoms with van der Waals surface area (Å²) in [5.74, 6) is 1.08. The molecule has 0 aliphatic rings. The van der Waals surface area contributed by atoms with Gasteiger partial charge in [-0.3, -0.25) is 0 Å². The molecule has 0 saturated heterocycles. The van der Waals surface area contributed by atoms with Crippen LogP contribution in [0.2, 0.25) is 0 Å². The van der Waals surface area contributed by atoms with E-state index >= 15 is 0 Å². The standard InChI is InChI=1S/C12H13BrN2O4/c1-7-10(15-19-14-7)6-18-12-9(13)3-8(5-16)4-11(12)17-2/h3-4,16H,5-6H2,1-2H3. The highest BCUT2D eigenvalue weighted by Crippen LogP contribution is 2.37. The zero-order valence-electron chi connectivity index (χ0n) is 10.5. The number of aliphatic hydroxyl groups excluding tert-OH is 1. The van der Waals surface area contributed by atoms with E-state index in [4.69, 9.17) is 14.6 Å². The fourth-order valence-electron chi connectivity index (χ4n) is 1.53. The third-order valence-electron chi connectivity index (χ3n) is 2.57. The number of nitrogens with zero attached hydrogens (tertiary/aromatic N) is 2. The monoisotopic (exact) mass is 328 g/mol. The molecule has 1 N–H and O–H groups in total. The molecular weight excluding hydrogens is 316 g/mol. The van der Waals surface area contributed by atoms with E-state index in [2.05, 4.69) is 30.9 Å². The molecule has 6 nitrogen and oxygen atoms in total. The van der Waals surface area contributed by atoms with Crippen molar-refractivity contribution in [3.63, 3.8) is 0 Å². The van der Waals surface area contributed by atoms with Crippen LogP contribution in [0.25, 0.3) is 0 Å². The number of hydrogen-bond donors (Lipinski definition) is 1. The van der Waals surface area contributed by atoms with Crippen LogP contribution in [0.5, 0.6) is 11.5 Å². The Labute approximate surface area is 118 Å². The van der Waals surface area contributed by atoms with Gasteiger partial charge >= 0.3 is 0 Å². The number of ether oxygens (including phenoxy) is 2. The van der Waals surface area contributed by atoms with Gasteiger partial charge in [-0.2, -0.15) is 0 Å². The third-order valence-corrected chi connectivity index (χ3v) is 3.16. The molecule has 7 heteroatoms. The molecular formula is C12H13BrN2O4. The molecule has 0 aliphatic carbocycles. The first kappa shape index (κ1) is 13.8. The van der Waals surface area contributed by atoms with Gasteiger partial charge in [0.05, 0.1) is 18.2 Å². The Morgan fingerprint density at radius 3 is 2.74 bits per heavy atom. The number of hydrogen-bond acceptors (Lipinski definition) is 6. The molecule has 19 heavy (non-hydrogen) atoms. The average Bonchev–Trinajstić information content (AvgIpc) is 2.82. The summed E-state index contributed by atoms with van der Waals surface area (Å²) in [6, 6.07) is 3.49. The van der Waals surface area contributed by atoms with E-state index < -0.39 is 0 Å². The van der Waals surface area contributed by atoms with Crippen molar-refractivity contribution in [2.24, 2.45) is 0 Å². The summed E-state index contributed by atoms with van der Waals surface area (Å²) in [6.45, 7) is 1.95. The second-order valence-corrected chi connectivity index (χ2v) is 4.71. The lowest BCUT2D eigenvalue weighted by molar-refractivity contribution is 0.257. The van der Waals surface area contributed by atoms with Crippen molar-refractivity contribution < 1.29 is 19.2 Å². The molecule has 1 aromatic carbocycles. The molecule has 0 saturated carbocycles. The van der Waals surface area contributed by atoms with Crippen LogP contribution in [0.3, 0.4) is 0 Å². The van der Waals surface area contributed by atoms with Gasteiger partial charge in [-0.25, -0.2) is 4.63 Å². The molecule has 2 rings (SSSR count). The summed E-state index contributed by atoms with van der Waals surface area (Å²) < 4.78 is 16.2. The molecule has 0 radical (unpaired) electrons. The molecule has 1 aromatic heterocycles. The van der Waals surface area contributed by atoms with Gasteiger partial charge in [0, 0.05) is 0 Å². The lowest BCUT2D eigenvalue weighted by atomic mass is 10.2. The fourth-order valence-corrected chi connectivity index (χ4v) is 2.13. The Morgan fingerprint density at radius 2 is 2.16 bits per heavy atom. The van der Waals surface area contributed by atoms with Crippen LogP contribution in [0, 0.1) is 6.92 Å². The zero-order chi connectivity index (χ0) is 13.8. The van der Waals surface area contributed by atoms with Crippen LogP contribution < -0.4 is 9.47 Å². The van der Waals surface area contributed by atoms with E-state index in [9.17, 15) is 0 Å². The molecule has 0 atom stereocenters. The van der Waals surface area contributed by atoms with E-state index in [-0.39, 0.29) is 13.2 Å². The molecule has 0 amide bonds. The highest BCUT2D eigenvalue weighted by Gasteiger charge is 2.13. The molecule has 0 unspecified atom stereocenters. The minimum Gasteiger partial charge on any atom is -0.493 e. The Hall–Kier alpha value is -1.60. The van der Waals surface area contributed by atoms with Crippen molar-refractivity contribution in [2.75, 3.05) is 7.11 Å². The minimum atomic E-state index is -0.0679. The van der Waals surface area contributed by atoms with Crippen molar-refractivity contribution in [3.8, 4) is 11.5 Å². The van der Waals surface area contributed by atoms with Crippen LogP contribution in [-0.2, 0) is 13.2 Å². The number of aromatic nitrogens is 2. The van der Waals surface area contributed by atoms with Crippen molar-refractivity contribution in [3.05, 3.63) is 33.6 Å². The van der Waals surface area contributed by atoms with Gasteiger partial charge in [-0.15, -0.1) is 0 Å². The van der Waals surface area contributed by atoms with Crippen molar-refractivity contribution in [1.29, 1.82) is 0 Å². The number of halogens is 1. The van der Waals surface area contributed by atoms with E-state index in [0.29, 0.717) is 27.4 Å². The quantitative estimate of drug-likeness (QED) is 0.906. The summed E-state index contributed by atoms with van der Waals surface area (Å²) in [4.78, 5) is 0. The smallest absolute Gasteiger partial charge is 0.175 e. The lowest BCUT2D eigenvalue weighted by Gasteiger charge is -2.13. The van der Waals surface area contributed by atoms with Gasteiger partial charge in [0.2, 0.25) is 0 Å². The van der Waals surface area contributed by atoms with Crippen LogP contribution in [0.4, 0.5) is 0 Å². The Bertz CT molecular complexity index is 571. The molecule has 0 bridgehead atoms. The Kier molecular flexibility index (Phi) is 4.39. The topological polar surface area (TPSA) is 77.6 Å². The largest absolute Gasteiger partial charge is 0.493 e. The van der Waals surface area contributed by atoms with Gasteiger partial charge < -0.3 is 14.6 Å². The Balaban J connectivity index is 2.22. The number of aryl methyl sites for hydroxylation is 1. The third kappa shape index (κ3) is 3.05. The van der Waals surface area contributed by atoms with Gasteiger partial charge in [0.25, 0.3) is 0 Å². The van der Waals surface area contributed by atoms with Crippen molar-refractivity contribution >= 4 is 15.9 Å². The lowest BCUT2D eigenvalue weighted by Crippen LogP contribution is -2.01. The van der Waals surface area contributed by atoms with Gasteiger partial charge in [-0.05, 0) is 40.5 Å². The first-order chi connectivity index (χ1) is 9.15. The van der Waals surface area contributed by atoms with E-state index in [1.807, 2.05) is 0 Å². The SMILES string of the molecule is COc1cc(CO)cc(Br)c1OCc1nonc1C. The second-order valence-electron chi connectivity index (χ2n) is 3.85. The van der Waals surface area contributed by atoms with Crippen LogP contribution in [-0.4, -0.2) is 22.5 Å². The normalized spacial score (nSPS) is 10.5. The maximum absolute atomic E-state index is 9.14. The van der Waals surface area contributed by atoms with Crippen molar-refractivity contribution in [2.45, 2.75) is 20.1 Å². The highest BCUT2D eigenvalue weighted by molar-refractivity contribution is 9.10. The summed E-state index contributed by atoms with van der Waals surface area (Å²) in [5.41, 5.74) is 2.04. The maximum Gasteiger partial charge on any atom is 0.175 e. The average molecular weight is 329 g/mol. The summed E-state index contributed by atoms with van der Waals surface area (Å²) in [7, 11) is 1.54. The van der Waals surface area contributed by atoms with E-state index in [1.165, 1.54) is 0 Å². The van der Waals surface area contributed by atoms with Gasteiger partial charge in [-0.1, -0.05) is 10.3 Å². The molecule has 0 fully saturated rings. The first-order valence-electron chi connectivity index (χ1n) is 5.53. The molecule has 1 heterocycles. The fraction of sp³-hybridized carbons (Fsp3) is 0.333. The number of benzene rings is 1. The summed E-state index contributed by atoms with van der Waals surface area (Å²) >= 11 is 3.39. The second kappa shape index (κ2) is 6.03. The first-order valence-corrected chi connectivity index (χ1v) is 6.33. The highest BCUT2D eigenvalue weighted by atomic mass is 79.9. The maximum atomic E-state index is 9.14. The molecule has 102 valence electrons. The van der Waals surface area contributed by atoms with Crippen LogP contribution in [0.1, 0.15) is 17.0 Å². The molecule has 0 spiro atoms. The summed E-state index contributed by atoms with van der Waals surface area (Å²) in [6.07, 6.45) is 0. The Morgan fingerprint density at radius 1 is 1.37 bits per heavy atom. The number of rotatable bonds is 5. The molecule has 2 aromatic rings. The molecule has 0 aliphatic heterocycles. The minimum absolute atomic E-state index is 0.0679. The van der Waals surface area contributed by atoms with Crippen LogP contribution in [0.15, 0.2) is 21.2 Å². The van der Waals surface area contributed by atoms with E-state index in [1.54, 1.807) is 26.2 Å². The number of methoxy groups -OCH3 is 1. The summed E-state index contributed by atoms with van der Waals surface area (Å²) in [5, 5.41) is 16.6. The predicted molar refractivity (Wildman–Crippen MR) is 70.0 cm³/mol. The van der Waals surface area contributed by atoms with Gasteiger partial charge in [0.15, 0.2) is 11.5 Å². The van der Waals surface area contributed by atoms with Crippen LogP contribution >= 0.6 is 15.9 Å². The van der Waals surface area contributed by atoms with Crippen molar-refractivity contribution in [1.82, 2.24) is 10.3 Å². The van der Waals surface area contributed by atoms with Gasteiger partial charge in [0.1, 0.15) is 18.0 Å². The predicted octanol–water partition coefficient (Wildman–Crippen LogP) is 2.22. The zero-order valence-corrected chi connectivity index (χ0v) is 12.1.